The van der Waals surface area contributed by atoms with Crippen LogP contribution < -0.4 is 28.4 Å². The molecule has 0 aliphatic rings. The summed E-state index contributed by atoms with van der Waals surface area (Å²) in [7, 11) is 1.57. The van der Waals surface area contributed by atoms with Crippen LogP contribution in [0.4, 0.5) is 0 Å². The Kier molecular flexibility index (Phi) is 21.9. The van der Waals surface area contributed by atoms with Gasteiger partial charge < -0.3 is 37.9 Å². The standard InChI is InChI=1S/2C27H35N3O6S/c2*1-19(2)36-27(25-15-29-26(35-6)16-28-25)20(3)37(31,32)30(17-21-7-11-23(33-4)12-8-21)18-22-9-13-24(34-5)14-10-22/h2*7-16,19-20,27H,17-18H2,1-6H3/t2*20-,27+/m10/s1. The number of benzene rings is 4. The van der Waals surface area contributed by atoms with Gasteiger partial charge in [0.05, 0.1) is 91.0 Å². The van der Waals surface area contributed by atoms with Gasteiger partial charge >= 0.3 is 0 Å². The lowest BCUT2D eigenvalue weighted by molar-refractivity contribution is 0.00269. The third-order valence-corrected chi connectivity index (χ3v) is 16.0. The van der Waals surface area contributed by atoms with Crippen molar-refractivity contribution in [3.8, 4) is 34.8 Å². The minimum Gasteiger partial charge on any atom is -0.497 e. The lowest BCUT2D eigenvalue weighted by Gasteiger charge is -2.31. The number of sulfonamides is 2. The number of aromatic nitrogens is 4. The second-order valence-corrected chi connectivity index (χ2v) is 22.2. The highest BCUT2D eigenvalue weighted by Crippen LogP contribution is 2.33. The van der Waals surface area contributed by atoms with Crippen LogP contribution in [0.5, 0.6) is 34.8 Å². The Morgan fingerprint density at radius 1 is 0.378 bits per heavy atom. The maximum absolute atomic E-state index is 14.1. The first kappa shape index (κ1) is 58.5. The van der Waals surface area contributed by atoms with E-state index in [1.807, 2.05) is 125 Å². The van der Waals surface area contributed by atoms with E-state index in [0.717, 1.165) is 22.3 Å². The number of methoxy groups -OCH3 is 6. The van der Waals surface area contributed by atoms with Crippen LogP contribution in [-0.4, -0.2) is 111 Å². The summed E-state index contributed by atoms with van der Waals surface area (Å²) in [5.41, 5.74) is 4.15. The van der Waals surface area contributed by atoms with Gasteiger partial charge in [0.25, 0.3) is 0 Å². The maximum atomic E-state index is 14.1. The molecule has 0 N–H and O–H groups in total. The summed E-state index contributed by atoms with van der Waals surface area (Å²) in [5, 5.41) is -1.90. The number of rotatable bonds is 26. The van der Waals surface area contributed by atoms with Crippen LogP contribution in [0.3, 0.4) is 0 Å². The third kappa shape index (κ3) is 16.3. The lowest BCUT2D eigenvalue weighted by Crippen LogP contribution is -2.41. The zero-order valence-corrected chi connectivity index (χ0v) is 45.9. The van der Waals surface area contributed by atoms with E-state index in [1.165, 1.54) is 47.6 Å². The molecule has 0 amide bonds. The monoisotopic (exact) mass is 1060 g/mol. The summed E-state index contributed by atoms with van der Waals surface area (Å²) in [6.07, 6.45) is 3.77. The van der Waals surface area contributed by atoms with E-state index in [1.54, 1.807) is 42.3 Å². The normalized spacial score (nSPS) is 13.4. The molecule has 74 heavy (non-hydrogen) atoms. The minimum atomic E-state index is -3.89. The number of hydrogen-bond donors (Lipinski definition) is 0. The van der Waals surface area contributed by atoms with Crippen LogP contribution >= 0.6 is 0 Å². The van der Waals surface area contributed by atoms with Gasteiger partial charge in [0.2, 0.25) is 31.8 Å². The van der Waals surface area contributed by atoms with E-state index in [-0.39, 0.29) is 38.4 Å². The second kappa shape index (κ2) is 27.8. The van der Waals surface area contributed by atoms with E-state index in [2.05, 4.69) is 19.9 Å². The molecule has 2 heterocycles. The van der Waals surface area contributed by atoms with Gasteiger partial charge in [-0.15, -0.1) is 0 Å². The van der Waals surface area contributed by atoms with Gasteiger partial charge in [-0.3, -0.25) is 9.97 Å². The van der Waals surface area contributed by atoms with Crippen molar-refractivity contribution in [2.24, 2.45) is 0 Å². The Morgan fingerprint density at radius 2 is 0.635 bits per heavy atom. The Labute approximate surface area is 437 Å². The molecule has 2 aromatic heterocycles. The first-order valence-electron chi connectivity index (χ1n) is 23.9. The fraction of sp³-hybridized carbons (Fsp3) is 0.407. The molecule has 20 heteroatoms. The first-order chi connectivity index (χ1) is 35.3. The largest absolute Gasteiger partial charge is 0.497 e. The number of hydrogen-bond acceptors (Lipinski definition) is 16. The van der Waals surface area contributed by atoms with Crippen LogP contribution in [-0.2, 0) is 55.7 Å². The smallest absolute Gasteiger partial charge is 0.231 e. The van der Waals surface area contributed by atoms with E-state index in [9.17, 15) is 16.8 Å². The van der Waals surface area contributed by atoms with Crippen molar-refractivity contribution in [2.45, 2.75) is 103 Å². The van der Waals surface area contributed by atoms with Crippen molar-refractivity contribution in [3.63, 3.8) is 0 Å². The van der Waals surface area contributed by atoms with Crippen LogP contribution in [0.1, 0.15) is 87.4 Å². The third-order valence-electron chi connectivity index (χ3n) is 11.7. The predicted molar refractivity (Wildman–Crippen MR) is 282 cm³/mol. The molecule has 6 aromatic rings. The molecule has 0 unspecified atom stereocenters. The Hall–Kier alpha value is -6.42. The first-order valence-corrected chi connectivity index (χ1v) is 26.9. The fourth-order valence-electron chi connectivity index (χ4n) is 7.58. The van der Waals surface area contributed by atoms with Gasteiger partial charge in [-0.1, -0.05) is 48.5 Å². The molecule has 0 aliphatic carbocycles. The highest BCUT2D eigenvalue weighted by Gasteiger charge is 2.39. The van der Waals surface area contributed by atoms with Gasteiger partial charge in [-0.2, -0.15) is 8.61 Å². The van der Waals surface area contributed by atoms with Gasteiger partial charge in [-0.25, -0.2) is 26.8 Å². The second-order valence-electron chi connectivity index (χ2n) is 17.6. The SMILES string of the molecule is COc1ccc(CN(Cc2ccc(OC)cc2)S(=O)(=O)[C@@H](C)[C@@H](OC(C)C)c2cnc(OC)cn2)cc1.COc1ccc(CN(Cc2ccc(OC)cc2)S(=O)(=O)[C@H](C)[C@H](OC(C)C)c2cnc(OC)cn2)cc1. The molecule has 18 nitrogen and oxygen atoms in total. The van der Waals surface area contributed by atoms with Crippen LogP contribution in [0, 0.1) is 0 Å². The molecule has 0 saturated heterocycles. The van der Waals surface area contributed by atoms with Gasteiger partial charge in [0, 0.05) is 26.2 Å². The van der Waals surface area contributed by atoms with Crippen LogP contribution in [0.2, 0.25) is 0 Å². The molecule has 4 atom stereocenters. The summed E-state index contributed by atoms with van der Waals surface area (Å²) in [4.78, 5) is 17.2. The summed E-state index contributed by atoms with van der Waals surface area (Å²) >= 11 is 0. The Bertz CT molecular complexity index is 2530. The maximum Gasteiger partial charge on any atom is 0.231 e. The van der Waals surface area contributed by atoms with E-state index < -0.39 is 42.8 Å². The molecule has 6 rings (SSSR count). The van der Waals surface area contributed by atoms with Crippen molar-refractivity contribution < 1.29 is 54.7 Å². The fourth-order valence-corrected chi connectivity index (χ4v) is 10.9. The molecule has 0 spiro atoms. The van der Waals surface area contributed by atoms with Crippen LogP contribution in [0.25, 0.3) is 0 Å². The summed E-state index contributed by atoms with van der Waals surface area (Å²) in [6, 6.07) is 29.4. The Balaban J connectivity index is 0.000000274. The average molecular weight is 1060 g/mol. The van der Waals surface area contributed by atoms with Gasteiger partial charge in [-0.05, 0) is 112 Å². The molecular weight excluding hydrogens is 989 g/mol. The number of ether oxygens (including phenoxy) is 8. The van der Waals surface area contributed by atoms with Crippen molar-refractivity contribution >= 4 is 20.0 Å². The minimum absolute atomic E-state index is 0.172. The van der Waals surface area contributed by atoms with Gasteiger partial charge in [0.15, 0.2) is 0 Å². The molecule has 4 aromatic carbocycles. The predicted octanol–water partition coefficient (Wildman–Crippen LogP) is 8.78. The van der Waals surface area contributed by atoms with Gasteiger partial charge in [0.1, 0.15) is 45.7 Å². The molecule has 0 saturated carbocycles. The molecule has 0 bridgehead atoms. The van der Waals surface area contributed by atoms with E-state index in [4.69, 9.17) is 37.9 Å². The highest BCUT2D eigenvalue weighted by molar-refractivity contribution is 7.90. The molecule has 0 fully saturated rings. The molecule has 0 radical (unpaired) electrons. The van der Waals surface area contributed by atoms with E-state index in [0.29, 0.717) is 46.1 Å². The van der Waals surface area contributed by atoms with Crippen molar-refractivity contribution in [2.75, 3.05) is 42.7 Å². The van der Waals surface area contributed by atoms with Crippen molar-refractivity contribution in [1.29, 1.82) is 0 Å². The van der Waals surface area contributed by atoms with Crippen molar-refractivity contribution in [1.82, 2.24) is 28.5 Å². The molecule has 0 aliphatic heterocycles. The zero-order chi connectivity index (χ0) is 54.0. The quantitative estimate of drug-likeness (QED) is 0.0499. The highest BCUT2D eigenvalue weighted by atomic mass is 32.2. The summed E-state index contributed by atoms with van der Waals surface area (Å²) < 4.78 is 103. The summed E-state index contributed by atoms with van der Waals surface area (Å²) in [6.45, 7) is 11.4. The topological polar surface area (TPSA) is 200 Å². The summed E-state index contributed by atoms with van der Waals surface area (Å²) in [5.74, 6) is 3.47. The lowest BCUT2D eigenvalue weighted by atomic mass is 10.2. The van der Waals surface area contributed by atoms with E-state index >= 15 is 0 Å². The molecular formula is C54H70N6O12S2. The van der Waals surface area contributed by atoms with Crippen molar-refractivity contribution in [3.05, 3.63) is 155 Å². The average Bonchev–Trinajstić information content (AvgIpc) is 3.41. The molecule has 400 valence electrons. The number of nitrogens with zero attached hydrogens (tertiary/aromatic N) is 6. The van der Waals surface area contributed by atoms with Crippen LogP contribution in [0.15, 0.2) is 122 Å². The zero-order valence-electron chi connectivity index (χ0n) is 44.2. The Morgan fingerprint density at radius 3 is 0.824 bits per heavy atom.